The average Bonchev–Trinajstić information content (AvgIpc) is 0. The fraction of sp³-hybridized carbons (Fsp3) is 0. The second-order valence-corrected chi connectivity index (χ2v) is 0. The summed E-state index contributed by atoms with van der Waals surface area (Å²) >= 11 is 0. The molecule has 0 rings (SSSR count). The van der Waals surface area contributed by atoms with E-state index in [1.165, 1.54) is 0 Å². The summed E-state index contributed by atoms with van der Waals surface area (Å²) in [6.07, 6.45) is 0. The Bertz CT molecular complexity index is 8.00. The zero-order valence-electron chi connectivity index (χ0n) is 1.38. The molecule has 4 heavy (non-hydrogen) atoms. The van der Waals surface area contributed by atoms with Crippen molar-refractivity contribution in [2.75, 3.05) is 0 Å². The van der Waals surface area contributed by atoms with Crippen LogP contribution in [0.5, 0.6) is 0 Å². The molecule has 0 saturated carbocycles. The van der Waals surface area contributed by atoms with Crippen LogP contribution in [0.4, 0.5) is 0 Å². The predicted octanol–water partition coefficient (Wildman–Crippen LogP) is -7.29. The first-order chi connectivity index (χ1) is 0. The van der Waals surface area contributed by atoms with Crippen LogP contribution in [0.2, 0.25) is 0 Å². The summed E-state index contributed by atoms with van der Waals surface area (Å²) in [6.45, 7) is 0. The summed E-state index contributed by atoms with van der Waals surface area (Å²) in [4.78, 5) is 0. The van der Waals surface area contributed by atoms with Gasteiger partial charge in [-0.1, -0.05) is 0 Å². The second-order valence-electron chi connectivity index (χ2n) is 0. The molecule has 0 radical (unpaired) electrons. The Morgan fingerprint density at radius 3 is 1.00 bits per heavy atom. The quantitative estimate of drug-likeness (QED) is 0.259. The van der Waals surface area contributed by atoms with Gasteiger partial charge in [-0.2, -0.15) is 0 Å². The third-order valence-electron chi connectivity index (χ3n) is 0. The van der Waals surface area contributed by atoms with Crippen molar-refractivity contribution in [1.29, 1.82) is 0 Å². The van der Waals surface area contributed by atoms with E-state index in [1.54, 1.807) is 0 Å². The van der Waals surface area contributed by atoms with Crippen molar-refractivity contribution in [3.05, 3.63) is 0 Å². The first-order valence-electron chi connectivity index (χ1n) is 0. The van der Waals surface area contributed by atoms with E-state index in [-0.39, 0.29) is 105 Å². The fourth-order valence-electron chi connectivity index (χ4n) is 0. The van der Waals surface area contributed by atoms with Gasteiger partial charge in [0.2, 0.25) is 0 Å². The van der Waals surface area contributed by atoms with Crippen LogP contribution in [0.15, 0.2) is 0 Å². The van der Waals surface area contributed by atoms with Crippen molar-refractivity contribution in [3.8, 4) is 0 Å². The average molecular weight is 90.0 g/mol. The Balaban J connectivity index is 0. The monoisotopic (exact) mass is 90.0 g/mol. The van der Waals surface area contributed by atoms with Crippen LogP contribution in [0.3, 0.4) is 0 Å². The molecule has 0 amide bonds. The molecule has 0 nitrogen and oxygen atoms in total. The minimum atomic E-state index is 0. The zero-order valence-corrected chi connectivity index (χ0v) is 1.38. The van der Waals surface area contributed by atoms with E-state index in [9.17, 15) is 0 Å². The van der Waals surface area contributed by atoms with Gasteiger partial charge in [0, 0.05) is 0 Å². The predicted molar refractivity (Wildman–Crippen MR) is 14.3 cm³/mol. The Morgan fingerprint density at radius 2 is 1.00 bits per heavy atom. The Hall–Kier alpha value is 3.16. The van der Waals surface area contributed by atoms with E-state index < -0.39 is 0 Å². The topological polar surface area (TPSA) is 0 Å². The van der Waals surface area contributed by atoms with Gasteiger partial charge in [-0.05, 0) is 0 Å². The Morgan fingerprint density at radius 1 is 1.00 bits per heavy atom. The molecule has 0 heterocycles. The molecule has 0 atom stereocenters. The van der Waals surface area contributed by atoms with Crippen molar-refractivity contribution < 1.29 is 23.6 Å². The fourth-order valence-corrected chi connectivity index (χ4v) is 0. The SMILES string of the molecule is [F-].[KH].[Li+].[NaH]. The van der Waals surface area contributed by atoms with Crippen molar-refractivity contribution in [3.63, 3.8) is 0 Å². The van der Waals surface area contributed by atoms with Crippen molar-refractivity contribution in [1.82, 2.24) is 0 Å². The number of hydrogen-bond donors (Lipinski definition) is 0. The molecule has 0 spiro atoms. The van der Waals surface area contributed by atoms with Gasteiger partial charge in [-0.25, -0.2) is 0 Å². The standard InChI is InChI=1S/FH.K.Li.Na.2H/h1H;;;;;/q;;+1;;;/p-1. The van der Waals surface area contributed by atoms with Gasteiger partial charge >= 0.3 is 99.8 Å². The van der Waals surface area contributed by atoms with Crippen LogP contribution in [-0.2, 0) is 0 Å². The third-order valence-corrected chi connectivity index (χ3v) is 0. The van der Waals surface area contributed by atoms with Gasteiger partial charge in [0.15, 0.2) is 0 Å². The minimum absolute atomic E-state index is 0. The molecule has 0 aromatic rings. The molecule has 0 aliphatic rings. The number of hydrogen-bond acceptors (Lipinski definition) is 0. The van der Waals surface area contributed by atoms with Crippen molar-refractivity contribution in [2.45, 2.75) is 0 Å². The molecule has 0 aliphatic heterocycles. The summed E-state index contributed by atoms with van der Waals surface area (Å²) in [5.41, 5.74) is 0. The van der Waals surface area contributed by atoms with Crippen LogP contribution in [0, 0.1) is 0 Å². The molecule has 0 aromatic carbocycles. The first kappa shape index (κ1) is 27.2. The van der Waals surface area contributed by atoms with E-state index in [0.717, 1.165) is 0 Å². The summed E-state index contributed by atoms with van der Waals surface area (Å²) in [7, 11) is 0. The molecule has 0 unspecified atom stereocenters. The molecule has 12 valence electrons. The van der Waals surface area contributed by atoms with E-state index >= 15 is 0 Å². The maximum absolute atomic E-state index is 0. The number of rotatable bonds is 0. The molecule has 0 aromatic heterocycles. The molecular formula is H2FKLiNa. The van der Waals surface area contributed by atoms with Crippen molar-refractivity contribution >= 4 is 80.9 Å². The van der Waals surface area contributed by atoms with Gasteiger partial charge in [0.05, 0.1) is 0 Å². The van der Waals surface area contributed by atoms with Crippen LogP contribution >= 0.6 is 0 Å². The summed E-state index contributed by atoms with van der Waals surface area (Å²) in [6, 6.07) is 0. The second kappa shape index (κ2) is 16.4. The molecule has 0 aliphatic carbocycles. The van der Waals surface area contributed by atoms with E-state index in [0.29, 0.717) is 0 Å². The van der Waals surface area contributed by atoms with Gasteiger partial charge in [0.1, 0.15) is 0 Å². The molecule has 0 saturated heterocycles. The van der Waals surface area contributed by atoms with E-state index in [2.05, 4.69) is 0 Å². The van der Waals surface area contributed by atoms with Crippen molar-refractivity contribution in [2.24, 2.45) is 0 Å². The van der Waals surface area contributed by atoms with E-state index in [4.69, 9.17) is 0 Å². The Kier molecular flexibility index (Phi) is 112. The van der Waals surface area contributed by atoms with Gasteiger partial charge in [-0.3, -0.25) is 0 Å². The summed E-state index contributed by atoms with van der Waals surface area (Å²) in [5.74, 6) is 0. The van der Waals surface area contributed by atoms with E-state index in [1.807, 2.05) is 0 Å². The zero-order chi connectivity index (χ0) is 0. The van der Waals surface area contributed by atoms with Crippen LogP contribution in [0.1, 0.15) is 0 Å². The molecule has 0 fully saturated rings. The summed E-state index contributed by atoms with van der Waals surface area (Å²) in [5, 5.41) is 0. The molecule has 4 heteroatoms. The molecule has 0 bridgehead atoms. The van der Waals surface area contributed by atoms with Gasteiger partial charge in [0.25, 0.3) is 0 Å². The molecule has 0 N–H and O–H groups in total. The maximum atomic E-state index is 0. The van der Waals surface area contributed by atoms with Gasteiger partial charge in [-0.15, -0.1) is 0 Å². The van der Waals surface area contributed by atoms with Crippen LogP contribution < -0.4 is 23.6 Å². The third kappa shape index (κ3) is 8.94. The molecular weight excluding hydrogens is 88.0 g/mol. The summed E-state index contributed by atoms with van der Waals surface area (Å²) < 4.78 is 0. The normalized spacial score (nSPS) is 0. The number of halogens is 1. The van der Waals surface area contributed by atoms with Crippen LogP contribution in [0.25, 0.3) is 0 Å². The van der Waals surface area contributed by atoms with Crippen LogP contribution in [-0.4, -0.2) is 80.9 Å². The Labute approximate surface area is 102 Å². The van der Waals surface area contributed by atoms with Gasteiger partial charge < -0.3 is 4.70 Å². The first-order valence-corrected chi connectivity index (χ1v) is 0.